The molecule has 0 radical (unpaired) electrons. The van der Waals surface area contributed by atoms with E-state index in [2.05, 4.69) is 0 Å². The summed E-state index contributed by atoms with van der Waals surface area (Å²) in [5.74, 6) is -4.20. The van der Waals surface area contributed by atoms with Crippen molar-refractivity contribution in [2.24, 2.45) is 17.8 Å². The Morgan fingerprint density at radius 2 is 1.50 bits per heavy atom. The van der Waals surface area contributed by atoms with Crippen molar-refractivity contribution < 1.29 is 24.1 Å². The molecule has 0 amide bonds. The predicted octanol–water partition coefficient (Wildman–Crippen LogP) is 1.27. The maximum Gasteiger partial charge on any atom is 0.273 e. The Morgan fingerprint density at radius 3 is 1.88 bits per heavy atom. The van der Waals surface area contributed by atoms with Gasteiger partial charge in [-0.15, -0.1) is 0 Å². The molecule has 5 heteroatoms. The van der Waals surface area contributed by atoms with Gasteiger partial charge in [-0.3, -0.25) is 0 Å². The molecule has 0 saturated heterocycles. The van der Waals surface area contributed by atoms with Gasteiger partial charge in [-0.05, 0) is 18.8 Å². The maximum absolute atomic E-state index is 13.0. The highest BCUT2D eigenvalue weighted by Crippen LogP contribution is 2.30. The first kappa shape index (κ1) is 15.7. The van der Waals surface area contributed by atoms with E-state index in [1.54, 1.807) is 0 Å². The van der Waals surface area contributed by atoms with Crippen molar-refractivity contribution in [1.82, 2.24) is 0 Å². The summed E-state index contributed by atoms with van der Waals surface area (Å²) in [6, 6.07) is 0. The van der Waals surface area contributed by atoms with Crippen molar-refractivity contribution >= 4 is 0 Å². The highest BCUT2D eigenvalue weighted by Gasteiger charge is 2.35. The van der Waals surface area contributed by atoms with Gasteiger partial charge in [-0.2, -0.15) is 0 Å². The van der Waals surface area contributed by atoms with Crippen LogP contribution >= 0.6 is 0 Å². The summed E-state index contributed by atoms with van der Waals surface area (Å²) in [5, 5.41) is 26.3. The number of hydrogen-bond donors (Lipinski definition) is 3. The Labute approximate surface area is 95.1 Å². The lowest BCUT2D eigenvalue weighted by Crippen LogP contribution is -2.31. The summed E-state index contributed by atoms with van der Waals surface area (Å²) in [6.45, 7) is 1.81. The molecule has 0 fully saturated rings. The second-order valence-electron chi connectivity index (χ2n) is 4.50. The van der Waals surface area contributed by atoms with E-state index in [1.807, 2.05) is 6.92 Å². The minimum atomic E-state index is -3.05. The molecule has 3 nitrogen and oxygen atoms in total. The van der Waals surface area contributed by atoms with Crippen LogP contribution in [0, 0.1) is 17.8 Å². The Hall–Kier alpha value is -0.260. The minimum Gasteiger partial charge on any atom is -0.396 e. The van der Waals surface area contributed by atoms with E-state index in [4.69, 9.17) is 15.3 Å². The topological polar surface area (TPSA) is 60.7 Å². The van der Waals surface area contributed by atoms with Crippen LogP contribution in [0.25, 0.3) is 0 Å². The molecule has 0 aromatic rings. The van der Waals surface area contributed by atoms with Crippen molar-refractivity contribution in [1.29, 1.82) is 0 Å². The number of hydrogen-bond acceptors (Lipinski definition) is 3. The summed E-state index contributed by atoms with van der Waals surface area (Å²) in [7, 11) is 0. The molecular formula is C11H22F2O3. The summed E-state index contributed by atoms with van der Waals surface area (Å²) >= 11 is 0. The van der Waals surface area contributed by atoms with Gasteiger partial charge in [0.2, 0.25) is 0 Å². The smallest absolute Gasteiger partial charge is 0.273 e. The van der Waals surface area contributed by atoms with Crippen LogP contribution in [0.15, 0.2) is 0 Å². The van der Waals surface area contributed by atoms with Crippen LogP contribution in [0.1, 0.15) is 26.7 Å². The van der Waals surface area contributed by atoms with Crippen molar-refractivity contribution in [3.63, 3.8) is 0 Å². The van der Waals surface area contributed by atoms with Crippen LogP contribution in [0.2, 0.25) is 0 Å². The van der Waals surface area contributed by atoms with Crippen molar-refractivity contribution in [3.05, 3.63) is 0 Å². The number of alkyl halides is 2. The van der Waals surface area contributed by atoms with Crippen LogP contribution in [-0.4, -0.2) is 41.1 Å². The Balaban J connectivity index is 4.05. The minimum absolute atomic E-state index is 0.00746. The molecule has 0 bridgehead atoms. The third-order valence-corrected chi connectivity index (χ3v) is 3.26. The van der Waals surface area contributed by atoms with Crippen molar-refractivity contribution in [3.8, 4) is 0 Å². The highest BCUT2D eigenvalue weighted by molar-refractivity contribution is 4.74. The van der Waals surface area contributed by atoms with Crippen LogP contribution in [0.5, 0.6) is 0 Å². The highest BCUT2D eigenvalue weighted by atomic mass is 19.3. The van der Waals surface area contributed by atoms with Crippen LogP contribution < -0.4 is 0 Å². The molecule has 98 valence electrons. The maximum atomic E-state index is 13.0. The first-order valence-electron chi connectivity index (χ1n) is 5.59. The monoisotopic (exact) mass is 240 g/mol. The summed E-state index contributed by atoms with van der Waals surface area (Å²) < 4.78 is 26.0. The van der Waals surface area contributed by atoms with E-state index in [0.717, 1.165) is 0 Å². The molecule has 16 heavy (non-hydrogen) atoms. The normalized spacial score (nSPS) is 16.5. The molecule has 0 saturated carbocycles. The molecule has 0 rings (SSSR count). The van der Waals surface area contributed by atoms with Crippen LogP contribution in [-0.2, 0) is 0 Å². The zero-order chi connectivity index (χ0) is 12.8. The van der Waals surface area contributed by atoms with Crippen molar-refractivity contribution in [2.45, 2.75) is 32.6 Å². The van der Waals surface area contributed by atoms with Crippen molar-refractivity contribution in [2.75, 3.05) is 19.8 Å². The SMILES string of the molecule is CC(CC[C@@H](C)C(F)(F)CO)C(CO)CO. The Morgan fingerprint density at radius 1 is 1.00 bits per heavy atom. The molecule has 3 N–H and O–H groups in total. The van der Waals surface area contributed by atoms with E-state index < -0.39 is 18.4 Å². The van der Waals surface area contributed by atoms with Crippen LogP contribution in [0.4, 0.5) is 8.78 Å². The molecule has 0 aliphatic rings. The zero-order valence-electron chi connectivity index (χ0n) is 9.87. The molecular weight excluding hydrogens is 218 g/mol. The average molecular weight is 240 g/mol. The van der Waals surface area contributed by atoms with Gasteiger partial charge in [0, 0.05) is 25.0 Å². The molecule has 0 aliphatic carbocycles. The average Bonchev–Trinajstić information content (AvgIpc) is 2.27. The van der Waals surface area contributed by atoms with Gasteiger partial charge in [0.05, 0.1) is 0 Å². The van der Waals surface area contributed by atoms with Gasteiger partial charge in [0.25, 0.3) is 5.92 Å². The van der Waals surface area contributed by atoms with E-state index in [9.17, 15) is 8.78 Å². The van der Waals surface area contributed by atoms with E-state index in [-0.39, 0.29) is 31.5 Å². The molecule has 0 aromatic heterocycles. The van der Waals surface area contributed by atoms with Gasteiger partial charge in [0.1, 0.15) is 6.61 Å². The number of aliphatic hydroxyl groups excluding tert-OH is 3. The van der Waals surface area contributed by atoms with Gasteiger partial charge >= 0.3 is 0 Å². The molecule has 0 heterocycles. The number of aliphatic hydroxyl groups is 3. The lowest BCUT2D eigenvalue weighted by atomic mass is 9.87. The standard InChI is InChI=1S/C11H22F2O3/c1-8(10(5-14)6-15)3-4-9(2)11(12,13)7-16/h8-10,14-16H,3-7H2,1-2H3/t8?,9-/m1/s1. The first-order valence-corrected chi connectivity index (χ1v) is 5.59. The fourth-order valence-corrected chi connectivity index (χ4v) is 1.53. The third kappa shape index (κ3) is 4.72. The predicted molar refractivity (Wildman–Crippen MR) is 57.3 cm³/mol. The molecule has 1 unspecified atom stereocenters. The molecule has 0 aromatic carbocycles. The largest absolute Gasteiger partial charge is 0.396 e. The Kier molecular flexibility index (Phi) is 7.03. The molecule has 0 spiro atoms. The number of rotatable bonds is 8. The summed E-state index contributed by atoms with van der Waals surface area (Å²) in [5.41, 5.74) is 0. The molecule has 2 atom stereocenters. The fourth-order valence-electron chi connectivity index (χ4n) is 1.53. The lowest BCUT2D eigenvalue weighted by molar-refractivity contribution is -0.0958. The quantitative estimate of drug-likeness (QED) is 0.598. The zero-order valence-corrected chi connectivity index (χ0v) is 9.87. The van der Waals surface area contributed by atoms with Gasteiger partial charge in [0.15, 0.2) is 0 Å². The van der Waals surface area contributed by atoms with Gasteiger partial charge < -0.3 is 15.3 Å². The third-order valence-electron chi connectivity index (χ3n) is 3.26. The van der Waals surface area contributed by atoms with Gasteiger partial charge in [-0.1, -0.05) is 13.8 Å². The second kappa shape index (κ2) is 7.14. The Bertz CT molecular complexity index is 184. The van der Waals surface area contributed by atoms with E-state index >= 15 is 0 Å². The second-order valence-corrected chi connectivity index (χ2v) is 4.50. The summed E-state index contributed by atoms with van der Waals surface area (Å²) in [6.07, 6.45) is 0.772. The van der Waals surface area contributed by atoms with Crippen LogP contribution in [0.3, 0.4) is 0 Å². The lowest BCUT2D eigenvalue weighted by Gasteiger charge is -2.25. The van der Waals surface area contributed by atoms with Gasteiger partial charge in [-0.25, -0.2) is 8.78 Å². The number of halogens is 2. The van der Waals surface area contributed by atoms with E-state index in [0.29, 0.717) is 6.42 Å². The van der Waals surface area contributed by atoms with E-state index in [1.165, 1.54) is 6.92 Å². The molecule has 0 aliphatic heterocycles. The fraction of sp³-hybridized carbons (Fsp3) is 1.00. The first-order chi connectivity index (χ1) is 7.38. The summed E-state index contributed by atoms with van der Waals surface area (Å²) in [4.78, 5) is 0.